The molecule has 0 amide bonds. The van der Waals surface area contributed by atoms with Gasteiger partial charge in [0.05, 0.1) is 5.45 Å². The zero-order valence-electron chi connectivity index (χ0n) is 12.1. The molecule has 18 heavy (non-hydrogen) atoms. The fourth-order valence-corrected chi connectivity index (χ4v) is 2.22. The van der Waals surface area contributed by atoms with Crippen LogP contribution in [0.4, 0.5) is 0 Å². The third-order valence-electron chi connectivity index (χ3n) is 3.01. The van der Waals surface area contributed by atoms with Gasteiger partial charge in [-0.05, 0) is 57.4 Å². The molecule has 0 saturated carbocycles. The molecule has 4 nitrogen and oxygen atoms in total. The van der Waals surface area contributed by atoms with E-state index in [9.17, 15) is 0 Å². The summed E-state index contributed by atoms with van der Waals surface area (Å²) in [7, 11) is 0. The summed E-state index contributed by atoms with van der Waals surface area (Å²) in [6, 6.07) is 0. The third kappa shape index (κ3) is 10.3. The summed E-state index contributed by atoms with van der Waals surface area (Å²) in [5.74, 6) is 0. The van der Waals surface area contributed by atoms with Crippen molar-refractivity contribution in [1.82, 2.24) is 10.2 Å². The maximum Gasteiger partial charge on any atom is 0.0542 e. The van der Waals surface area contributed by atoms with Crippen LogP contribution in [-0.2, 0) is 0 Å². The molecular weight excluding hydrogens is 292 g/mol. The Morgan fingerprint density at radius 3 is 2.33 bits per heavy atom. The quantitative estimate of drug-likeness (QED) is 0.288. The van der Waals surface area contributed by atoms with Crippen molar-refractivity contribution in [2.75, 3.05) is 44.7 Å². The summed E-state index contributed by atoms with van der Waals surface area (Å²) < 4.78 is 0. The molecule has 0 aromatic rings. The first-order valence-corrected chi connectivity index (χ1v) is 8.07. The second-order valence-electron chi connectivity index (χ2n) is 5.64. The lowest BCUT2D eigenvalue weighted by atomic mass is 9.93. The largest absolute Gasteiger partial charge is 0.330 e. The molecule has 0 bridgehead atoms. The average molecular weight is 323 g/mol. The van der Waals surface area contributed by atoms with Crippen LogP contribution in [0.5, 0.6) is 0 Å². The van der Waals surface area contributed by atoms with Gasteiger partial charge in [0.1, 0.15) is 0 Å². The van der Waals surface area contributed by atoms with Crippen LogP contribution < -0.4 is 16.8 Å². The second kappa shape index (κ2) is 11.2. The van der Waals surface area contributed by atoms with Crippen LogP contribution in [0.1, 0.15) is 33.1 Å². The van der Waals surface area contributed by atoms with Crippen LogP contribution in [0.3, 0.4) is 0 Å². The van der Waals surface area contributed by atoms with Gasteiger partial charge in [-0.25, -0.2) is 0 Å². The predicted octanol–water partition coefficient (Wildman–Crippen LogP) is 1.34. The van der Waals surface area contributed by atoms with E-state index in [2.05, 4.69) is 40.0 Å². The highest BCUT2D eigenvalue weighted by atomic mass is 79.9. The summed E-state index contributed by atoms with van der Waals surface area (Å²) >= 11 is 3.56. The van der Waals surface area contributed by atoms with Gasteiger partial charge in [-0.1, -0.05) is 29.8 Å². The van der Waals surface area contributed by atoms with Crippen molar-refractivity contribution < 1.29 is 0 Å². The van der Waals surface area contributed by atoms with Gasteiger partial charge in [0.2, 0.25) is 0 Å². The number of alkyl halides is 1. The number of nitrogens with one attached hydrogen (secondary N) is 1. The first-order chi connectivity index (χ1) is 8.55. The lowest BCUT2D eigenvalue weighted by Gasteiger charge is -2.30. The molecule has 0 spiro atoms. The van der Waals surface area contributed by atoms with E-state index in [0.29, 0.717) is 0 Å². The molecule has 5 N–H and O–H groups in total. The summed E-state index contributed by atoms with van der Waals surface area (Å²) in [5.41, 5.74) is 12.3. The van der Waals surface area contributed by atoms with Crippen molar-refractivity contribution in [3.63, 3.8) is 0 Å². The average Bonchev–Trinajstić information content (AvgIpc) is 2.36. The highest BCUT2D eigenvalue weighted by molar-refractivity contribution is 9.09. The molecule has 0 aromatic carbocycles. The normalized spacial score (nSPS) is 12.3. The SMILES string of the molecule is CC(C)(CN)CN(CBr)CCCCNCCCN. The summed E-state index contributed by atoms with van der Waals surface area (Å²) in [6.45, 7) is 10.3. The van der Waals surface area contributed by atoms with Gasteiger partial charge in [-0.3, -0.25) is 4.90 Å². The fourth-order valence-electron chi connectivity index (χ4n) is 1.79. The minimum absolute atomic E-state index is 0.202. The number of nitrogens with zero attached hydrogens (tertiary/aromatic N) is 1. The van der Waals surface area contributed by atoms with E-state index in [0.717, 1.165) is 51.1 Å². The van der Waals surface area contributed by atoms with Crippen LogP contribution in [0.2, 0.25) is 0 Å². The number of rotatable bonds is 12. The highest BCUT2D eigenvalue weighted by Crippen LogP contribution is 2.15. The molecule has 0 aliphatic heterocycles. The first-order valence-electron chi connectivity index (χ1n) is 6.95. The molecule has 0 aromatic heterocycles. The Kier molecular flexibility index (Phi) is 11.4. The van der Waals surface area contributed by atoms with Gasteiger partial charge >= 0.3 is 0 Å². The number of hydrogen-bond acceptors (Lipinski definition) is 4. The Bertz CT molecular complexity index is 188. The molecule has 5 heteroatoms. The van der Waals surface area contributed by atoms with Crippen LogP contribution in [0.25, 0.3) is 0 Å². The van der Waals surface area contributed by atoms with Gasteiger partial charge in [0, 0.05) is 6.54 Å². The smallest absolute Gasteiger partial charge is 0.0542 e. The molecule has 0 rings (SSSR count). The lowest BCUT2D eigenvalue weighted by Crippen LogP contribution is -2.38. The number of unbranched alkanes of at least 4 members (excludes halogenated alkanes) is 1. The van der Waals surface area contributed by atoms with Crippen molar-refractivity contribution >= 4 is 15.9 Å². The Hall–Kier alpha value is 0.320. The van der Waals surface area contributed by atoms with Crippen molar-refractivity contribution in [1.29, 1.82) is 0 Å². The van der Waals surface area contributed by atoms with Gasteiger partial charge in [-0.2, -0.15) is 0 Å². The van der Waals surface area contributed by atoms with E-state index >= 15 is 0 Å². The zero-order chi connectivity index (χ0) is 13.9. The molecule has 0 aliphatic rings. The molecule has 0 fully saturated rings. The van der Waals surface area contributed by atoms with Crippen LogP contribution in [0, 0.1) is 5.41 Å². The van der Waals surface area contributed by atoms with Gasteiger partial charge in [0.15, 0.2) is 0 Å². The maximum atomic E-state index is 5.77. The van der Waals surface area contributed by atoms with E-state index in [1.807, 2.05) is 0 Å². The lowest BCUT2D eigenvalue weighted by molar-refractivity contribution is 0.207. The first kappa shape index (κ1) is 18.3. The molecule has 0 radical (unpaired) electrons. The Morgan fingerprint density at radius 1 is 1.11 bits per heavy atom. The monoisotopic (exact) mass is 322 g/mol. The second-order valence-corrected chi connectivity index (χ2v) is 6.14. The standard InChI is InChI=1S/C13H31BrN4/c1-13(2,10-16)11-18(12-14)9-4-3-7-17-8-5-6-15/h17H,3-12,15-16H2,1-2H3. The van der Waals surface area contributed by atoms with E-state index < -0.39 is 0 Å². The van der Waals surface area contributed by atoms with Crippen molar-refractivity contribution in [3.05, 3.63) is 0 Å². The van der Waals surface area contributed by atoms with E-state index in [4.69, 9.17) is 11.5 Å². The summed E-state index contributed by atoms with van der Waals surface area (Å²) in [6.07, 6.45) is 3.51. The minimum atomic E-state index is 0.202. The van der Waals surface area contributed by atoms with Crippen LogP contribution in [-0.4, -0.2) is 49.6 Å². The van der Waals surface area contributed by atoms with E-state index in [1.54, 1.807) is 0 Å². The Labute approximate surface area is 121 Å². The summed E-state index contributed by atoms with van der Waals surface area (Å²) in [5, 5.41) is 3.41. The number of halogens is 1. The number of nitrogens with two attached hydrogens (primary N) is 2. The van der Waals surface area contributed by atoms with E-state index in [-0.39, 0.29) is 5.41 Å². The van der Waals surface area contributed by atoms with Gasteiger partial charge < -0.3 is 16.8 Å². The van der Waals surface area contributed by atoms with Crippen molar-refractivity contribution in [2.24, 2.45) is 16.9 Å². The molecule has 0 saturated heterocycles. The van der Waals surface area contributed by atoms with Gasteiger partial charge in [0.25, 0.3) is 0 Å². The number of hydrogen-bond donors (Lipinski definition) is 3. The molecule has 0 unspecified atom stereocenters. The minimum Gasteiger partial charge on any atom is -0.330 e. The summed E-state index contributed by atoms with van der Waals surface area (Å²) in [4.78, 5) is 2.42. The molecule has 0 aliphatic carbocycles. The predicted molar refractivity (Wildman–Crippen MR) is 84.0 cm³/mol. The Balaban J connectivity index is 3.56. The molecule has 0 heterocycles. The van der Waals surface area contributed by atoms with Gasteiger partial charge in [-0.15, -0.1) is 0 Å². The maximum absolute atomic E-state index is 5.77. The molecular formula is C13H31BrN4. The topological polar surface area (TPSA) is 67.3 Å². The third-order valence-corrected chi connectivity index (χ3v) is 3.72. The van der Waals surface area contributed by atoms with Crippen LogP contribution >= 0.6 is 15.9 Å². The molecule has 110 valence electrons. The Morgan fingerprint density at radius 2 is 1.78 bits per heavy atom. The highest BCUT2D eigenvalue weighted by Gasteiger charge is 2.19. The zero-order valence-corrected chi connectivity index (χ0v) is 13.6. The van der Waals surface area contributed by atoms with Crippen molar-refractivity contribution in [2.45, 2.75) is 33.1 Å². The fraction of sp³-hybridized carbons (Fsp3) is 1.00. The van der Waals surface area contributed by atoms with E-state index in [1.165, 1.54) is 12.8 Å². The molecule has 0 atom stereocenters. The van der Waals surface area contributed by atoms with Crippen molar-refractivity contribution in [3.8, 4) is 0 Å². The van der Waals surface area contributed by atoms with Crippen LogP contribution in [0.15, 0.2) is 0 Å².